The summed E-state index contributed by atoms with van der Waals surface area (Å²) in [6.45, 7) is 2.23. The molecule has 1 aromatic carbocycles. The molecule has 1 aromatic rings. The van der Waals surface area contributed by atoms with Crippen LogP contribution in [0.3, 0.4) is 0 Å². The largest absolute Gasteiger partial charge is 0.393 e. The van der Waals surface area contributed by atoms with Gasteiger partial charge in [0.15, 0.2) is 0 Å². The first-order chi connectivity index (χ1) is 9.37. The van der Waals surface area contributed by atoms with E-state index in [0.717, 1.165) is 12.8 Å². The van der Waals surface area contributed by atoms with Crippen LogP contribution in [0.5, 0.6) is 0 Å². The molecule has 1 aliphatic rings. The summed E-state index contributed by atoms with van der Waals surface area (Å²) in [6, 6.07) is 4.03. The lowest BCUT2D eigenvalue weighted by Gasteiger charge is -2.29. The first-order valence-corrected chi connectivity index (χ1v) is 6.44. The zero-order valence-electron chi connectivity index (χ0n) is 11.3. The van der Waals surface area contributed by atoms with Crippen molar-refractivity contribution >= 4 is 17.3 Å². The molecule has 5 N–H and O–H groups in total. The topological polar surface area (TPSA) is 124 Å². The summed E-state index contributed by atoms with van der Waals surface area (Å²) < 4.78 is 0. The summed E-state index contributed by atoms with van der Waals surface area (Å²) in [6.07, 6.45) is 2.08. The molecular formula is C13H18N4O3. The van der Waals surface area contributed by atoms with E-state index in [-0.39, 0.29) is 22.8 Å². The van der Waals surface area contributed by atoms with Gasteiger partial charge in [-0.1, -0.05) is 0 Å². The molecule has 1 atom stereocenters. The number of hydrogen-bond donors (Lipinski definition) is 3. The molecule has 1 fully saturated rings. The minimum atomic E-state index is -0.602. The molecule has 0 spiro atoms. The Morgan fingerprint density at radius 2 is 2.20 bits per heavy atom. The molecule has 0 aromatic heterocycles. The number of nitrogens with zero attached hydrogens (tertiary/aromatic N) is 1. The third-order valence-corrected chi connectivity index (χ3v) is 3.79. The molecule has 0 bridgehead atoms. The number of hydrogen-bond acceptors (Lipinski definition) is 5. The number of nitro benzene ring substituents is 1. The van der Waals surface area contributed by atoms with Crippen LogP contribution in [-0.2, 0) is 0 Å². The van der Waals surface area contributed by atoms with Gasteiger partial charge in [0.2, 0.25) is 0 Å². The van der Waals surface area contributed by atoms with Gasteiger partial charge < -0.3 is 16.8 Å². The number of nitro groups is 1. The lowest BCUT2D eigenvalue weighted by molar-refractivity contribution is -0.383. The second kappa shape index (κ2) is 5.09. The zero-order valence-corrected chi connectivity index (χ0v) is 11.3. The summed E-state index contributed by atoms with van der Waals surface area (Å²) in [5.41, 5.74) is 10.8. The Balaban J connectivity index is 2.21. The number of carbonyl (C=O) groups excluding carboxylic acids is 1. The van der Waals surface area contributed by atoms with Gasteiger partial charge in [-0.3, -0.25) is 14.9 Å². The van der Waals surface area contributed by atoms with Crippen molar-refractivity contribution in [3.63, 3.8) is 0 Å². The third kappa shape index (κ3) is 2.72. The number of nitrogens with two attached hydrogens (primary N) is 2. The van der Waals surface area contributed by atoms with Crippen LogP contribution >= 0.6 is 0 Å². The van der Waals surface area contributed by atoms with E-state index in [4.69, 9.17) is 11.5 Å². The molecule has 108 valence electrons. The van der Waals surface area contributed by atoms with E-state index < -0.39 is 10.5 Å². The van der Waals surface area contributed by atoms with Crippen LogP contribution in [0.25, 0.3) is 0 Å². The Hall–Kier alpha value is -2.15. The summed E-state index contributed by atoms with van der Waals surface area (Å²) in [5, 5.41) is 13.7. The van der Waals surface area contributed by atoms with Crippen molar-refractivity contribution in [2.75, 3.05) is 12.3 Å². The maximum atomic E-state index is 12.2. The second-order valence-electron chi connectivity index (χ2n) is 5.38. The Morgan fingerprint density at radius 1 is 1.55 bits per heavy atom. The standard InChI is InChI=1S/C13H18N4O3/c1-13(7-14,9-3-4-9)16-12(18)8-2-5-10(15)11(6-8)17(19)20/h2,5-6,9H,3-4,7,14-15H2,1H3,(H,16,18). The van der Waals surface area contributed by atoms with Crippen molar-refractivity contribution in [3.05, 3.63) is 33.9 Å². The van der Waals surface area contributed by atoms with E-state index >= 15 is 0 Å². The van der Waals surface area contributed by atoms with E-state index in [2.05, 4.69) is 5.32 Å². The zero-order chi connectivity index (χ0) is 14.9. The fraction of sp³-hybridized carbons (Fsp3) is 0.462. The van der Waals surface area contributed by atoms with Crippen molar-refractivity contribution in [2.24, 2.45) is 11.7 Å². The maximum Gasteiger partial charge on any atom is 0.292 e. The average molecular weight is 278 g/mol. The van der Waals surface area contributed by atoms with Crippen LogP contribution in [0.1, 0.15) is 30.1 Å². The highest BCUT2D eigenvalue weighted by Gasteiger charge is 2.41. The second-order valence-corrected chi connectivity index (χ2v) is 5.38. The monoisotopic (exact) mass is 278 g/mol. The van der Waals surface area contributed by atoms with E-state index in [1.54, 1.807) is 0 Å². The summed E-state index contributed by atoms with van der Waals surface area (Å²) in [4.78, 5) is 22.4. The number of nitrogen functional groups attached to an aromatic ring is 1. The molecule has 1 saturated carbocycles. The summed E-state index contributed by atoms with van der Waals surface area (Å²) in [7, 11) is 0. The van der Waals surface area contributed by atoms with Gasteiger partial charge in [-0.15, -0.1) is 0 Å². The summed E-state index contributed by atoms with van der Waals surface area (Å²) in [5.74, 6) is 0.00756. The molecule has 1 amide bonds. The van der Waals surface area contributed by atoms with E-state index in [1.165, 1.54) is 18.2 Å². The summed E-state index contributed by atoms with van der Waals surface area (Å²) >= 11 is 0. The molecule has 7 heteroatoms. The number of anilines is 1. The fourth-order valence-electron chi connectivity index (χ4n) is 2.21. The Kier molecular flexibility index (Phi) is 3.63. The molecular weight excluding hydrogens is 260 g/mol. The minimum absolute atomic E-state index is 0.0373. The first kappa shape index (κ1) is 14.3. The predicted octanol–water partition coefficient (Wildman–Crippen LogP) is 1.03. The van der Waals surface area contributed by atoms with E-state index in [0.29, 0.717) is 12.5 Å². The van der Waals surface area contributed by atoms with Crippen LogP contribution < -0.4 is 16.8 Å². The molecule has 0 heterocycles. The smallest absolute Gasteiger partial charge is 0.292 e. The van der Waals surface area contributed by atoms with Gasteiger partial charge in [0.25, 0.3) is 11.6 Å². The molecule has 7 nitrogen and oxygen atoms in total. The van der Waals surface area contributed by atoms with Crippen LogP contribution in [-0.4, -0.2) is 22.9 Å². The average Bonchev–Trinajstić information content (AvgIpc) is 3.23. The Labute approximate surface area is 116 Å². The van der Waals surface area contributed by atoms with Gasteiger partial charge in [-0.05, 0) is 37.8 Å². The van der Waals surface area contributed by atoms with Gasteiger partial charge >= 0.3 is 0 Å². The lowest BCUT2D eigenvalue weighted by atomic mass is 9.95. The van der Waals surface area contributed by atoms with Gasteiger partial charge in [-0.2, -0.15) is 0 Å². The highest BCUT2D eigenvalue weighted by molar-refractivity contribution is 5.96. The molecule has 0 radical (unpaired) electrons. The van der Waals surface area contributed by atoms with Gasteiger partial charge in [-0.25, -0.2) is 0 Å². The Morgan fingerprint density at radius 3 is 2.70 bits per heavy atom. The molecule has 1 unspecified atom stereocenters. The van der Waals surface area contributed by atoms with Crippen LogP contribution in [0, 0.1) is 16.0 Å². The minimum Gasteiger partial charge on any atom is -0.393 e. The molecule has 0 saturated heterocycles. The quantitative estimate of drug-likeness (QED) is 0.421. The lowest BCUT2D eigenvalue weighted by Crippen LogP contribution is -2.53. The first-order valence-electron chi connectivity index (χ1n) is 6.44. The predicted molar refractivity (Wildman–Crippen MR) is 75.2 cm³/mol. The molecule has 1 aliphatic carbocycles. The normalized spacial score (nSPS) is 17.3. The number of benzene rings is 1. The maximum absolute atomic E-state index is 12.2. The number of rotatable bonds is 5. The SMILES string of the molecule is CC(CN)(NC(=O)c1ccc(N)c([N+](=O)[O-])c1)C1CC1. The van der Waals surface area contributed by atoms with Crippen molar-refractivity contribution in [1.29, 1.82) is 0 Å². The fourth-order valence-corrected chi connectivity index (χ4v) is 2.21. The van der Waals surface area contributed by atoms with Crippen molar-refractivity contribution in [3.8, 4) is 0 Å². The van der Waals surface area contributed by atoms with E-state index in [9.17, 15) is 14.9 Å². The highest BCUT2D eigenvalue weighted by Crippen LogP contribution is 2.39. The Bertz CT molecular complexity index is 557. The molecule has 20 heavy (non-hydrogen) atoms. The van der Waals surface area contributed by atoms with Gasteiger partial charge in [0.05, 0.1) is 10.5 Å². The van der Waals surface area contributed by atoms with Gasteiger partial charge in [0, 0.05) is 18.2 Å². The molecule has 0 aliphatic heterocycles. The van der Waals surface area contributed by atoms with E-state index in [1.807, 2.05) is 6.92 Å². The van der Waals surface area contributed by atoms with Crippen molar-refractivity contribution in [1.82, 2.24) is 5.32 Å². The van der Waals surface area contributed by atoms with Crippen LogP contribution in [0.15, 0.2) is 18.2 Å². The van der Waals surface area contributed by atoms with Crippen molar-refractivity contribution in [2.45, 2.75) is 25.3 Å². The number of amides is 1. The molecule has 2 rings (SSSR count). The van der Waals surface area contributed by atoms with Gasteiger partial charge in [0.1, 0.15) is 5.69 Å². The van der Waals surface area contributed by atoms with Crippen LogP contribution in [0.2, 0.25) is 0 Å². The number of carbonyl (C=O) groups is 1. The number of nitrogens with one attached hydrogen (secondary N) is 1. The van der Waals surface area contributed by atoms with Crippen LogP contribution in [0.4, 0.5) is 11.4 Å². The highest BCUT2D eigenvalue weighted by atomic mass is 16.6. The van der Waals surface area contributed by atoms with Crippen molar-refractivity contribution < 1.29 is 9.72 Å². The third-order valence-electron chi connectivity index (χ3n) is 3.79.